The highest BCUT2D eigenvalue weighted by atomic mass is 16.6. The molecule has 19 heavy (non-hydrogen) atoms. The monoisotopic (exact) mass is 255 g/mol. The van der Waals surface area contributed by atoms with Crippen molar-refractivity contribution in [3.8, 4) is 0 Å². The average molecular weight is 255 g/mol. The summed E-state index contributed by atoms with van der Waals surface area (Å²) in [6, 6.07) is 9.27. The van der Waals surface area contributed by atoms with E-state index < -0.39 is 0 Å². The number of amides is 1. The van der Waals surface area contributed by atoms with Gasteiger partial charge in [0, 0.05) is 5.69 Å². The van der Waals surface area contributed by atoms with Gasteiger partial charge in [0.1, 0.15) is 0 Å². The van der Waals surface area contributed by atoms with Crippen molar-refractivity contribution in [1.29, 1.82) is 0 Å². The van der Waals surface area contributed by atoms with Crippen LogP contribution >= 0.6 is 0 Å². The summed E-state index contributed by atoms with van der Waals surface area (Å²) < 4.78 is 5.15. The second-order valence-corrected chi connectivity index (χ2v) is 4.17. The Bertz CT molecular complexity index is 517. The molecule has 0 aliphatic heterocycles. The third-order valence-corrected chi connectivity index (χ3v) is 2.87. The van der Waals surface area contributed by atoms with Crippen molar-refractivity contribution < 1.29 is 9.53 Å². The summed E-state index contributed by atoms with van der Waals surface area (Å²) in [6.45, 7) is 6.14. The van der Waals surface area contributed by atoms with Crippen LogP contribution in [0.15, 0.2) is 66.8 Å². The Labute approximate surface area is 113 Å². The summed E-state index contributed by atoms with van der Waals surface area (Å²) in [5, 5.41) is 0. The molecule has 1 amide bonds. The van der Waals surface area contributed by atoms with Crippen molar-refractivity contribution in [1.82, 2.24) is 0 Å². The summed E-state index contributed by atoms with van der Waals surface area (Å²) in [5.41, 5.74) is 1.66. The maximum Gasteiger partial charge on any atom is 0.415 e. The lowest BCUT2D eigenvalue weighted by Crippen LogP contribution is -2.41. The van der Waals surface area contributed by atoms with Gasteiger partial charge in [0.2, 0.25) is 0 Å². The Hall–Kier alpha value is -2.29. The van der Waals surface area contributed by atoms with Crippen LogP contribution in [0.4, 0.5) is 10.5 Å². The van der Waals surface area contributed by atoms with Crippen LogP contribution in [0.2, 0.25) is 0 Å². The Morgan fingerprint density at radius 1 is 1.32 bits per heavy atom. The van der Waals surface area contributed by atoms with Crippen molar-refractivity contribution in [2.75, 3.05) is 11.5 Å². The zero-order chi connectivity index (χ0) is 13.7. The molecule has 0 heterocycles. The molecular formula is C16H17NO2. The minimum absolute atomic E-state index is 0.202. The number of hydrogen-bond acceptors (Lipinski definition) is 2. The van der Waals surface area contributed by atoms with Gasteiger partial charge < -0.3 is 4.74 Å². The normalized spacial score (nSPS) is 17.3. The molecule has 0 spiro atoms. The van der Waals surface area contributed by atoms with E-state index in [1.54, 1.807) is 11.8 Å². The van der Waals surface area contributed by atoms with E-state index in [1.165, 1.54) is 0 Å². The standard InChI is InChI=1S/C16H17NO2/c1-3-19-16(18)17(14-10-5-4-6-11-14)15-12-8-7-9-13(15)2/h4-12,15H,2-3H2,1H3. The van der Waals surface area contributed by atoms with Crippen LogP contribution in [0.3, 0.4) is 0 Å². The zero-order valence-electron chi connectivity index (χ0n) is 11.0. The Kier molecular flexibility index (Phi) is 4.18. The third kappa shape index (κ3) is 2.94. The number of carbonyl (C=O) groups is 1. The summed E-state index contributed by atoms with van der Waals surface area (Å²) >= 11 is 0. The Morgan fingerprint density at radius 3 is 2.68 bits per heavy atom. The number of carbonyl (C=O) groups excluding carboxylic acids is 1. The molecule has 98 valence electrons. The fourth-order valence-corrected chi connectivity index (χ4v) is 1.98. The first-order chi connectivity index (χ1) is 9.24. The molecule has 1 atom stereocenters. The van der Waals surface area contributed by atoms with E-state index in [4.69, 9.17) is 4.74 Å². The molecule has 1 aliphatic carbocycles. The quantitative estimate of drug-likeness (QED) is 0.824. The van der Waals surface area contributed by atoms with E-state index in [2.05, 4.69) is 6.58 Å². The lowest BCUT2D eigenvalue weighted by Gasteiger charge is -2.30. The van der Waals surface area contributed by atoms with Crippen molar-refractivity contribution in [3.05, 3.63) is 66.8 Å². The molecular weight excluding hydrogens is 238 g/mol. The number of ether oxygens (including phenoxy) is 1. The van der Waals surface area contributed by atoms with Gasteiger partial charge in [-0.2, -0.15) is 0 Å². The van der Waals surface area contributed by atoms with Gasteiger partial charge in [-0.15, -0.1) is 0 Å². The van der Waals surface area contributed by atoms with Crippen LogP contribution in [0.25, 0.3) is 0 Å². The second-order valence-electron chi connectivity index (χ2n) is 4.17. The molecule has 0 fully saturated rings. The molecule has 2 rings (SSSR count). The molecule has 0 bridgehead atoms. The SMILES string of the molecule is C=C1C=CC=CC1N(C(=O)OCC)c1ccccc1. The minimum atomic E-state index is -0.361. The van der Waals surface area contributed by atoms with Crippen LogP contribution < -0.4 is 4.90 Å². The van der Waals surface area contributed by atoms with E-state index in [0.29, 0.717) is 6.61 Å². The maximum absolute atomic E-state index is 12.2. The lowest BCUT2D eigenvalue weighted by molar-refractivity contribution is 0.159. The fourth-order valence-electron chi connectivity index (χ4n) is 1.98. The van der Waals surface area contributed by atoms with Crippen molar-refractivity contribution in [2.45, 2.75) is 13.0 Å². The number of para-hydroxylation sites is 1. The van der Waals surface area contributed by atoms with Crippen LogP contribution in [-0.2, 0) is 4.74 Å². The van der Waals surface area contributed by atoms with Crippen molar-refractivity contribution >= 4 is 11.8 Å². The first-order valence-corrected chi connectivity index (χ1v) is 6.28. The third-order valence-electron chi connectivity index (χ3n) is 2.87. The van der Waals surface area contributed by atoms with E-state index in [9.17, 15) is 4.79 Å². The Morgan fingerprint density at radius 2 is 2.05 bits per heavy atom. The van der Waals surface area contributed by atoms with E-state index in [1.807, 2.05) is 54.6 Å². The lowest BCUT2D eigenvalue weighted by atomic mass is 10.0. The van der Waals surface area contributed by atoms with Crippen LogP contribution in [0.5, 0.6) is 0 Å². The minimum Gasteiger partial charge on any atom is -0.449 e. The summed E-state index contributed by atoms with van der Waals surface area (Å²) in [7, 11) is 0. The highest BCUT2D eigenvalue weighted by Gasteiger charge is 2.26. The van der Waals surface area contributed by atoms with Gasteiger partial charge in [0.25, 0.3) is 0 Å². The molecule has 0 N–H and O–H groups in total. The first-order valence-electron chi connectivity index (χ1n) is 6.28. The molecule has 0 aromatic heterocycles. The molecule has 1 aliphatic rings. The van der Waals surface area contributed by atoms with Crippen LogP contribution in [0.1, 0.15) is 6.92 Å². The van der Waals surface area contributed by atoms with Gasteiger partial charge in [-0.25, -0.2) is 4.79 Å². The number of allylic oxidation sites excluding steroid dienone is 2. The van der Waals surface area contributed by atoms with Gasteiger partial charge in [-0.05, 0) is 24.6 Å². The number of nitrogens with zero attached hydrogens (tertiary/aromatic N) is 1. The molecule has 0 saturated carbocycles. The predicted molar refractivity (Wildman–Crippen MR) is 77.2 cm³/mol. The van der Waals surface area contributed by atoms with Crippen molar-refractivity contribution in [2.24, 2.45) is 0 Å². The summed E-state index contributed by atoms with van der Waals surface area (Å²) in [5.74, 6) is 0. The highest BCUT2D eigenvalue weighted by molar-refractivity contribution is 5.89. The molecule has 1 aromatic rings. The number of hydrogen-bond donors (Lipinski definition) is 0. The largest absolute Gasteiger partial charge is 0.449 e. The topological polar surface area (TPSA) is 29.5 Å². The average Bonchev–Trinajstić information content (AvgIpc) is 2.43. The van der Waals surface area contributed by atoms with Gasteiger partial charge >= 0.3 is 6.09 Å². The molecule has 1 aromatic carbocycles. The Balaban J connectivity index is 2.35. The number of anilines is 1. The van der Waals surface area contributed by atoms with Gasteiger partial charge in [-0.3, -0.25) is 4.90 Å². The molecule has 0 saturated heterocycles. The molecule has 3 heteroatoms. The van der Waals surface area contributed by atoms with Crippen molar-refractivity contribution in [3.63, 3.8) is 0 Å². The predicted octanol–water partition coefficient (Wildman–Crippen LogP) is 3.70. The zero-order valence-corrected chi connectivity index (χ0v) is 11.0. The van der Waals surface area contributed by atoms with Gasteiger partial charge in [0.05, 0.1) is 12.6 Å². The maximum atomic E-state index is 12.2. The van der Waals surface area contributed by atoms with Gasteiger partial charge in [-0.1, -0.05) is 49.1 Å². The first kappa shape index (κ1) is 13.1. The molecule has 3 nitrogen and oxygen atoms in total. The van der Waals surface area contributed by atoms with E-state index >= 15 is 0 Å². The number of rotatable bonds is 3. The van der Waals surface area contributed by atoms with Crippen LogP contribution in [-0.4, -0.2) is 18.7 Å². The highest BCUT2D eigenvalue weighted by Crippen LogP contribution is 2.24. The second kappa shape index (κ2) is 6.05. The summed E-state index contributed by atoms with van der Waals surface area (Å²) in [6.07, 6.45) is 7.30. The summed E-state index contributed by atoms with van der Waals surface area (Å²) in [4.78, 5) is 13.8. The van der Waals surface area contributed by atoms with E-state index in [-0.39, 0.29) is 12.1 Å². The molecule has 1 unspecified atom stereocenters. The van der Waals surface area contributed by atoms with Gasteiger partial charge in [0.15, 0.2) is 0 Å². The molecule has 0 radical (unpaired) electrons. The van der Waals surface area contributed by atoms with E-state index in [0.717, 1.165) is 11.3 Å². The number of benzene rings is 1. The van der Waals surface area contributed by atoms with Crippen LogP contribution in [0, 0.1) is 0 Å². The smallest absolute Gasteiger partial charge is 0.415 e. The fraction of sp³-hybridized carbons (Fsp3) is 0.188.